The molecule has 1 aromatic carbocycles. The summed E-state index contributed by atoms with van der Waals surface area (Å²) in [6.07, 6.45) is 12.9. The van der Waals surface area contributed by atoms with Crippen molar-refractivity contribution in [2.45, 2.75) is 103 Å². The van der Waals surface area contributed by atoms with E-state index in [9.17, 15) is 19.8 Å². The summed E-state index contributed by atoms with van der Waals surface area (Å²) in [6.45, 7) is 6.34. The van der Waals surface area contributed by atoms with E-state index in [1.807, 2.05) is 36.5 Å². The fraction of sp³-hybridized carbons (Fsp3) is 0.531. The number of aromatic hydroxyl groups is 1. The Morgan fingerprint density at radius 2 is 1.62 bits per heavy atom. The predicted molar refractivity (Wildman–Crippen MR) is 161 cm³/mol. The number of thiazole rings is 1. The first-order valence-electron chi connectivity index (χ1n) is 14.6. The molecule has 2 aromatic heterocycles. The lowest BCUT2D eigenvalue weighted by Gasteiger charge is -2.26. The minimum atomic E-state index is -1.48. The van der Waals surface area contributed by atoms with Crippen LogP contribution in [0.4, 0.5) is 0 Å². The van der Waals surface area contributed by atoms with Gasteiger partial charge >= 0.3 is 10.8 Å². The molecule has 0 saturated heterocycles. The van der Waals surface area contributed by atoms with Gasteiger partial charge in [-0.05, 0) is 49.1 Å². The Morgan fingerprint density at radius 1 is 0.975 bits per heavy atom. The Morgan fingerprint density at radius 3 is 2.23 bits per heavy atom. The summed E-state index contributed by atoms with van der Waals surface area (Å²) in [5.41, 5.74) is 1.61. The molecule has 0 fully saturated rings. The second-order valence-corrected chi connectivity index (χ2v) is 11.7. The van der Waals surface area contributed by atoms with Gasteiger partial charge in [-0.3, -0.25) is 14.3 Å². The lowest BCUT2D eigenvalue weighted by Crippen LogP contribution is -2.43. The number of ether oxygens (including phenoxy) is 1. The zero-order valence-corrected chi connectivity index (χ0v) is 25.0. The highest BCUT2D eigenvalue weighted by Gasteiger charge is 2.39. The van der Waals surface area contributed by atoms with Crippen LogP contribution in [0.15, 0.2) is 47.4 Å². The number of aromatic nitrogens is 2. The topological polar surface area (TPSA) is 102 Å². The van der Waals surface area contributed by atoms with E-state index in [4.69, 9.17) is 4.74 Å². The van der Waals surface area contributed by atoms with Gasteiger partial charge in [-0.15, -0.1) is 0 Å². The van der Waals surface area contributed by atoms with Crippen molar-refractivity contribution in [2.24, 2.45) is 0 Å². The summed E-state index contributed by atoms with van der Waals surface area (Å²) in [6, 6.07) is 11.6. The minimum absolute atomic E-state index is 0.249. The molecule has 1 unspecified atom stereocenters. The molecule has 0 aliphatic carbocycles. The molecule has 8 heteroatoms. The summed E-state index contributed by atoms with van der Waals surface area (Å²) < 4.78 is 6.94. The van der Waals surface area contributed by atoms with Crippen LogP contribution in [0.25, 0.3) is 0 Å². The molecule has 0 amide bonds. The highest BCUT2D eigenvalue weighted by molar-refractivity contribution is 7.09. The fourth-order valence-corrected chi connectivity index (χ4v) is 5.86. The largest absolute Gasteiger partial charge is 0.494 e. The van der Waals surface area contributed by atoms with Gasteiger partial charge in [0.05, 0.1) is 11.5 Å². The van der Waals surface area contributed by atoms with Crippen molar-refractivity contribution in [2.75, 3.05) is 6.61 Å². The molecule has 0 aliphatic rings. The number of benzene rings is 1. The van der Waals surface area contributed by atoms with Crippen LogP contribution >= 0.6 is 11.3 Å². The van der Waals surface area contributed by atoms with E-state index in [1.165, 1.54) is 38.2 Å². The van der Waals surface area contributed by atoms with Gasteiger partial charge in [-0.2, -0.15) is 0 Å². The van der Waals surface area contributed by atoms with Crippen molar-refractivity contribution in [1.29, 1.82) is 0 Å². The minimum Gasteiger partial charge on any atom is -0.494 e. The van der Waals surface area contributed by atoms with Gasteiger partial charge in [0.25, 0.3) is 0 Å². The van der Waals surface area contributed by atoms with Crippen molar-refractivity contribution in [3.05, 3.63) is 74.0 Å². The number of hydrogen-bond donors (Lipinski definition) is 2. The normalized spacial score (nSPS) is 12.8. The Labute approximate surface area is 241 Å². The van der Waals surface area contributed by atoms with Crippen LogP contribution in [0.2, 0.25) is 0 Å². The summed E-state index contributed by atoms with van der Waals surface area (Å²) >= 11 is 0.909. The van der Waals surface area contributed by atoms with Crippen LogP contribution in [0, 0.1) is 0 Å². The Bertz CT molecular complexity index is 1250. The monoisotopic (exact) mass is 568 g/mol. The average molecular weight is 569 g/mol. The van der Waals surface area contributed by atoms with Crippen LogP contribution in [-0.4, -0.2) is 32.3 Å². The van der Waals surface area contributed by atoms with Gasteiger partial charge in [0.2, 0.25) is 5.88 Å². The number of aliphatic carboxylic acids is 1. The molecule has 218 valence electrons. The standard InChI is InChI=1S/C32H44N2O5S/c1-4-6-7-8-9-10-11-12-20-32(3,30(36)37)34-29(35)28(40-31(34)38)22-25-14-17-27(18-15-25)39-21-19-26-16-13-24(5-2)23-33-26/h13-18,23,35H,4-12,19-22H2,1-3H3,(H,36,37). The number of carbonyl (C=O) groups is 1. The maximum absolute atomic E-state index is 12.9. The summed E-state index contributed by atoms with van der Waals surface area (Å²) in [5.74, 6) is -0.621. The van der Waals surface area contributed by atoms with Crippen molar-refractivity contribution in [1.82, 2.24) is 9.55 Å². The lowest BCUT2D eigenvalue weighted by molar-refractivity contribution is -0.147. The van der Waals surface area contributed by atoms with Gasteiger partial charge in [0.15, 0.2) is 0 Å². The van der Waals surface area contributed by atoms with Gasteiger partial charge in [-0.25, -0.2) is 4.79 Å². The Kier molecular flexibility index (Phi) is 12.2. The zero-order valence-electron chi connectivity index (χ0n) is 24.2. The van der Waals surface area contributed by atoms with E-state index in [1.54, 1.807) is 0 Å². The van der Waals surface area contributed by atoms with Gasteiger partial charge < -0.3 is 14.9 Å². The molecular weight excluding hydrogens is 524 g/mol. The first-order chi connectivity index (χ1) is 19.3. The molecule has 1 atom stereocenters. The van der Waals surface area contributed by atoms with Crippen molar-refractivity contribution in [3.63, 3.8) is 0 Å². The molecule has 40 heavy (non-hydrogen) atoms. The molecule has 0 radical (unpaired) electrons. The van der Waals surface area contributed by atoms with Crippen LogP contribution in [0.3, 0.4) is 0 Å². The van der Waals surface area contributed by atoms with Crippen molar-refractivity contribution < 1.29 is 19.7 Å². The summed E-state index contributed by atoms with van der Waals surface area (Å²) in [4.78, 5) is 29.7. The van der Waals surface area contributed by atoms with E-state index in [2.05, 4.69) is 24.9 Å². The molecule has 3 rings (SSSR count). The Balaban J connectivity index is 1.57. The molecule has 0 saturated carbocycles. The highest BCUT2D eigenvalue weighted by Crippen LogP contribution is 2.33. The zero-order chi connectivity index (χ0) is 29.0. The number of nitrogens with zero attached hydrogens (tertiary/aromatic N) is 2. The number of rotatable bonds is 18. The maximum Gasteiger partial charge on any atom is 0.329 e. The molecule has 2 heterocycles. The molecule has 7 nitrogen and oxygen atoms in total. The molecule has 0 aliphatic heterocycles. The number of pyridine rings is 1. The third-order valence-electron chi connectivity index (χ3n) is 7.53. The van der Waals surface area contributed by atoms with Crippen LogP contribution in [-0.2, 0) is 29.6 Å². The van der Waals surface area contributed by atoms with Crippen molar-refractivity contribution in [3.8, 4) is 11.6 Å². The SMILES string of the molecule is CCCCCCCCCCC(C)(C(=O)O)n1c(O)c(Cc2ccc(OCCc3ccc(CC)cn3)cc2)sc1=O. The second-order valence-electron chi connectivity index (χ2n) is 10.7. The van der Waals surface area contributed by atoms with E-state index in [-0.39, 0.29) is 5.88 Å². The van der Waals surface area contributed by atoms with Crippen molar-refractivity contribution >= 4 is 17.3 Å². The third-order valence-corrected chi connectivity index (χ3v) is 8.47. The average Bonchev–Trinajstić information content (AvgIpc) is 3.23. The van der Waals surface area contributed by atoms with E-state index < -0.39 is 16.4 Å². The van der Waals surface area contributed by atoms with E-state index in [0.717, 1.165) is 58.6 Å². The first kappa shape index (κ1) is 31.4. The fourth-order valence-electron chi connectivity index (χ4n) is 4.85. The predicted octanol–water partition coefficient (Wildman–Crippen LogP) is 7.12. The number of aryl methyl sites for hydroxylation is 1. The third kappa shape index (κ3) is 8.68. The number of carboxylic acid groups (broad SMARTS) is 1. The maximum atomic E-state index is 12.9. The summed E-state index contributed by atoms with van der Waals surface area (Å²) in [7, 11) is 0. The molecule has 2 N–H and O–H groups in total. The smallest absolute Gasteiger partial charge is 0.329 e. The quantitative estimate of drug-likeness (QED) is 0.159. The molecule has 0 spiro atoms. The lowest BCUT2D eigenvalue weighted by atomic mass is 9.93. The van der Waals surface area contributed by atoms with Crippen LogP contribution in [0.5, 0.6) is 11.6 Å². The first-order valence-corrected chi connectivity index (χ1v) is 15.4. The summed E-state index contributed by atoms with van der Waals surface area (Å²) in [5, 5.41) is 21.0. The highest BCUT2D eigenvalue weighted by atomic mass is 32.1. The molecular formula is C32H44N2O5S. The van der Waals surface area contributed by atoms with E-state index >= 15 is 0 Å². The number of carboxylic acids is 1. The number of hydrogen-bond acceptors (Lipinski definition) is 6. The van der Waals surface area contributed by atoms with Gasteiger partial charge in [0, 0.05) is 24.7 Å². The molecule has 3 aromatic rings. The molecule has 0 bridgehead atoms. The van der Waals surface area contributed by atoms with Crippen LogP contribution in [0.1, 0.15) is 100 Å². The van der Waals surface area contributed by atoms with Gasteiger partial charge in [-0.1, -0.05) is 94.7 Å². The Hall–Kier alpha value is -3.13. The van der Waals surface area contributed by atoms with Gasteiger partial charge in [0.1, 0.15) is 11.3 Å². The second kappa shape index (κ2) is 15.6. The van der Waals surface area contributed by atoms with E-state index in [0.29, 0.717) is 37.2 Å². The van der Waals surface area contributed by atoms with Crippen LogP contribution < -0.4 is 9.61 Å². The number of unbranched alkanes of at least 4 members (excludes halogenated alkanes) is 7.